The number of halogens is 1. The van der Waals surface area contributed by atoms with E-state index in [1.807, 2.05) is 0 Å². The normalized spacial score (nSPS) is 10.5. The summed E-state index contributed by atoms with van der Waals surface area (Å²) >= 11 is 1.18. The van der Waals surface area contributed by atoms with Gasteiger partial charge in [0.25, 0.3) is 0 Å². The van der Waals surface area contributed by atoms with E-state index in [4.69, 9.17) is 4.74 Å². The largest absolute Gasteiger partial charge is 0.453 e. The zero-order chi connectivity index (χ0) is 18.7. The maximum atomic E-state index is 13.2. The van der Waals surface area contributed by atoms with Crippen LogP contribution in [0.3, 0.4) is 0 Å². The van der Waals surface area contributed by atoms with Gasteiger partial charge in [-0.1, -0.05) is 0 Å². The van der Waals surface area contributed by atoms with Crippen LogP contribution in [0.1, 0.15) is 27.0 Å². The lowest BCUT2D eigenvalue weighted by Crippen LogP contribution is -2.13. The van der Waals surface area contributed by atoms with Gasteiger partial charge < -0.3 is 10.1 Å². The van der Waals surface area contributed by atoms with Crippen LogP contribution in [0, 0.1) is 5.82 Å². The van der Waals surface area contributed by atoms with Gasteiger partial charge in [0.05, 0.1) is 0 Å². The molecular formula is C19H14FNO4S. The Hall–Kier alpha value is -3.06. The Balaban J connectivity index is 1.62. The average molecular weight is 371 g/mol. The van der Waals surface area contributed by atoms with E-state index < -0.39 is 12.6 Å². The number of fused-ring (bicyclic) bond motifs is 1. The molecule has 0 saturated carbocycles. The fraction of sp³-hybridized carbons (Fsp3) is 0.105. The lowest BCUT2D eigenvalue weighted by Gasteiger charge is -2.05. The second-order valence-electron chi connectivity index (χ2n) is 5.55. The molecule has 26 heavy (non-hydrogen) atoms. The van der Waals surface area contributed by atoms with Crippen molar-refractivity contribution < 1.29 is 23.5 Å². The summed E-state index contributed by atoms with van der Waals surface area (Å²) in [5, 5.41) is 3.21. The monoisotopic (exact) mass is 371 g/mol. The topological polar surface area (TPSA) is 72.5 Å². The van der Waals surface area contributed by atoms with E-state index in [-0.39, 0.29) is 17.5 Å². The number of benzene rings is 2. The van der Waals surface area contributed by atoms with E-state index in [2.05, 4.69) is 5.32 Å². The zero-order valence-corrected chi connectivity index (χ0v) is 14.6. The van der Waals surface area contributed by atoms with Gasteiger partial charge in [-0.15, -0.1) is 11.3 Å². The minimum Gasteiger partial charge on any atom is -0.453 e. The Kier molecular flexibility index (Phi) is 5.09. The van der Waals surface area contributed by atoms with Crippen LogP contribution in [0.4, 0.5) is 10.1 Å². The zero-order valence-electron chi connectivity index (χ0n) is 13.7. The lowest BCUT2D eigenvalue weighted by atomic mass is 10.1. The van der Waals surface area contributed by atoms with Gasteiger partial charge >= 0.3 is 5.97 Å². The summed E-state index contributed by atoms with van der Waals surface area (Å²) in [6.45, 7) is 0.988. The molecule has 0 spiro atoms. The molecule has 0 aliphatic carbocycles. The Morgan fingerprint density at radius 2 is 1.81 bits per heavy atom. The summed E-state index contributed by atoms with van der Waals surface area (Å²) in [4.78, 5) is 35.5. The van der Waals surface area contributed by atoms with Crippen LogP contribution in [0.25, 0.3) is 10.1 Å². The number of ether oxygens (including phenoxy) is 1. The van der Waals surface area contributed by atoms with E-state index in [1.54, 1.807) is 30.3 Å². The van der Waals surface area contributed by atoms with Crippen LogP contribution >= 0.6 is 11.3 Å². The summed E-state index contributed by atoms with van der Waals surface area (Å²) in [6, 6.07) is 12.1. The van der Waals surface area contributed by atoms with Crippen LogP contribution < -0.4 is 5.32 Å². The molecule has 0 radical (unpaired) electrons. The van der Waals surface area contributed by atoms with Crippen LogP contribution in [0.2, 0.25) is 0 Å². The standard InChI is InChI=1S/C19H14FNO4S/c1-11(22)21-15-5-2-12(3-6-15)16(23)10-25-19(24)18-9-13-8-14(20)4-7-17(13)26-18/h2-9H,10H2,1H3,(H,21,22). The molecule has 7 heteroatoms. The first-order valence-corrected chi connectivity index (χ1v) is 8.51. The molecule has 0 fully saturated rings. The molecule has 2 aromatic carbocycles. The molecule has 0 aliphatic heterocycles. The minimum atomic E-state index is -0.630. The SMILES string of the molecule is CC(=O)Nc1ccc(C(=O)COC(=O)c2cc3cc(F)ccc3s2)cc1. The molecule has 5 nitrogen and oxygen atoms in total. The molecule has 1 aromatic heterocycles. The van der Waals surface area contributed by atoms with Gasteiger partial charge in [-0.3, -0.25) is 9.59 Å². The van der Waals surface area contributed by atoms with Crippen LogP contribution in [0.15, 0.2) is 48.5 Å². The van der Waals surface area contributed by atoms with Crippen LogP contribution in [-0.4, -0.2) is 24.3 Å². The van der Waals surface area contributed by atoms with E-state index in [9.17, 15) is 18.8 Å². The van der Waals surface area contributed by atoms with Gasteiger partial charge in [-0.05, 0) is 53.9 Å². The Morgan fingerprint density at radius 3 is 2.50 bits per heavy atom. The lowest BCUT2D eigenvalue weighted by molar-refractivity contribution is -0.114. The second kappa shape index (κ2) is 7.45. The molecule has 0 bridgehead atoms. The number of ketones is 1. The second-order valence-corrected chi connectivity index (χ2v) is 6.63. The first-order chi connectivity index (χ1) is 12.4. The van der Waals surface area contributed by atoms with Crippen molar-refractivity contribution in [3.8, 4) is 0 Å². The fourth-order valence-corrected chi connectivity index (χ4v) is 3.28. The summed E-state index contributed by atoms with van der Waals surface area (Å²) in [7, 11) is 0. The molecule has 0 aliphatic rings. The molecule has 3 aromatic rings. The number of Topliss-reactive ketones (excluding diaryl/α,β-unsaturated/α-hetero) is 1. The highest BCUT2D eigenvalue weighted by atomic mass is 32.1. The first-order valence-electron chi connectivity index (χ1n) is 7.69. The Morgan fingerprint density at radius 1 is 1.08 bits per heavy atom. The fourth-order valence-electron chi connectivity index (χ4n) is 2.34. The number of hydrogen-bond donors (Lipinski definition) is 1. The number of carbonyl (C=O) groups excluding carboxylic acids is 3. The number of anilines is 1. The van der Waals surface area contributed by atoms with Crippen LogP contribution in [0.5, 0.6) is 0 Å². The number of thiophene rings is 1. The number of rotatable bonds is 5. The van der Waals surface area contributed by atoms with Crippen molar-refractivity contribution in [2.75, 3.05) is 11.9 Å². The van der Waals surface area contributed by atoms with Crippen molar-refractivity contribution in [3.05, 3.63) is 64.8 Å². The average Bonchev–Trinajstić information content (AvgIpc) is 3.02. The van der Waals surface area contributed by atoms with Crippen molar-refractivity contribution >= 4 is 44.8 Å². The number of esters is 1. The first kappa shape index (κ1) is 17.8. The molecule has 0 saturated heterocycles. The molecular weight excluding hydrogens is 357 g/mol. The summed E-state index contributed by atoms with van der Waals surface area (Å²) in [6.07, 6.45) is 0. The molecule has 0 unspecified atom stereocenters. The highest BCUT2D eigenvalue weighted by Gasteiger charge is 2.15. The van der Waals surface area contributed by atoms with Gasteiger partial charge in [0.15, 0.2) is 12.4 Å². The van der Waals surface area contributed by atoms with Gasteiger partial charge in [-0.25, -0.2) is 9.18 Å². The number of nitrogens with one attached hydrogen (secondary N) is 1. The van der Waals surface area contributed by atoms with E-state index in [0.29, 0.717) is 21.5 Å². The predicted molar refractivity (Wildman–Crippen MR) is 97.1 cm³/mol. The number of carbonyl (C=O) groups is 3. The summed E-state index contributed by atoms with van der Waals surface area (Å²) in [5.41, 5.74) is 0.939. The third-order valence-corrected chi connectivity index (χ3v) is 4.64. The molecule has 0 atom stereocenters. The smallest absolute Gasteiger partial charge is 0.348 e. The maximum Gasteiger partial charge on any atom is 0.348 e. The molecule has 132 valence electrons. The molecule has 1 heterocycles. The van der Waals surface area contributed by atoms with Gasteiger partial charge in [0.1, 0.15) is 10.7 Å². The van der Waals surface area contributed by atoms with E-state index in [0.717, 1.165) is 4.70 Å². The van der Waals surface area contributed by atoms with Gasteiger partial charge in [-0.2, -0.15) is 0 Å². The highest BCUT2D eigenvalue weighted by molar-refractivity contribution is 7.20. The maximum absolute atomic E-state index is 13.2. The molecule has 1 N–H and O–H groups in total. The predicted octanol–water partition coefficient (Wildman–Crippen LogP) is 4.04. The van der Waals surface area contributed by atoms with Crippen LogP contribution in [-0.2, 0) is 9.53 Å². The van der Waals surface area contributed by atoms with Gasteiger partial charge in [0.2, 0.25) is 5.91 Å². The molecule has 3 rings (SSSR count). The number of amides is 1. The highest BCUT2D eigenvalue weighted by Crippen LogP contribution is 2.26. The van der Waals surface area contributed by atoms with E-state index >= 15 is 0 Å². The summed E-state index contributed by atoms with van der Waals surface area (Å²) in [5.74, 6) is -1.58. The minimum absolute atomic E-state index is 0.207. The quantitative estimate of drug-likeness (QED) is 0.543. The van der Waals surface area contributed by atoms with Crippen molar-refractivity contribution in [3.63, 3.8) is 0 Å². The summed E-state index contributed by atoms with van der Waals surface area (Å²) < 4.78 is 19.0. The van der Waals surface area contributed by atoms with Crippen molar-refractivity contribution in [2.24, 2.45) is 0 Å². The van der Waals surface area contributed by atoms with Crippen molar-refractivity contribution in [2.45, 2.75) is 6.92 Å². The van der Waals surface area contributed by atoms with Gasteiger partial charge in [0, 0.05) is 22.9 Å². The Labute approximate surface area is 152 Å². The van der Waals surface area contributed by atoms with E-state index in [1.165, 1.54) is 36.5 Å². The van der Waals surface area contributed by atoms with Crippen molar-refractivity contribution in [1.29, 1.82) is 0 Å². The van der Waals surface area contributed by atoms with Crippen molar-refractivity contribution in [1.82, 2.24) is 0 Å². The Bertz CT molecular complexity index is 994. The third-order valence-electron chi connectivity index (χ3n) is 3.54. The molecule has 1 amide bonds. The number of hydrogen-bond acceptors (Lipinski definition) is 5. The third kappa shape index (κ3) is 4.12.